The van der Waals surface area contributed by atoms with E-state index in [1.165, 1.54) is 6.42 Å². The van der Waals surface area contributed by atoms with Gasteiger partial charge in [-0.15, -0.1) is 0 Å². The first kappa shape index (κ1) is 15.0. The molecule has 0 bridgehead atoms. The van der Waals surface area contributed by atoms with E-state index in [9.17, 15) is 9.59 Å². The lowest BCUT2D eigenvalue weighted by Gasteiger charge is -2.32. The van der Waals surface area contributed by atoms with Gasteiger partial charge in [-0.1, -0.05) is 18.0 Å². The summed E-state index contributed by atoms with van der Waals surface area (Å²) in [6, 6.07) is 1.62. The number of likely N-dealkylation sites (tertiary alicyclic amines) is 1. The average Bonchev–Trinajstić information content (AvgIpc) is 3.03. The van der Waals surface area contributed by atoms with Gasteiger partial charge in [0.15, 0.2) is 5.82 Å². The average molecular weight is 306 g/mol. The van der Waals surface area contributed by atoms with Crippen molar-refractivity contribution in [2.45, 2.75) is 51.1 Å². The Morgan fingerprint density at radius 2 is 2.23 bits per heavy atom. The molecule has 2 amide bonds. The zero-order valence-electron chi connectivity index (χ0n) is 12.7. The van der Waals surface area contributed by atoms with E-state index in [1.54, 1.807) is 13.0 Å². The number of rotatable bonds is 4. The maximum Gasteiger partial charge on any atom is 0.239 e. The van der Waals surface area contributed by atoms with Crippen LogP contribution in [0.25, 0.3) is 0 Å². The van der Waals surface area contributed by atoms with E-state index < -0.39 is 0 Å². The van der Waals surface area contributed by atoms with E-state index in [2.05, 4.69) is 10.5 Å². The third kappa shape index (κ3) is 2.99. The Kier molecular flexibility index (Phi) is 4.15. The number of anilines is 1. The summed E-state index contributed by atoms with van der Waals surface area (Å²) < 4.78 is 4.93. The van der Waals surface area contributed by atoms with Gasteiger partial charge in [-0.05, 0) is 32.1 Å². The predicted molar refractivity (Wildman–Crippen MR) is 79.9 cm³/mol. The molecule has 3 rings (SSSR count). The number of amides is 2. The van der Waals surface area contributed by atoms with Crippen LogP contribution in [0.4, 0.5) is 5.82 Å². The number of nitrogens with two attached hydrogens (primary N) is 1. The minimum absolute atomic E-state index is 0.167. The van der Waals surface area contributed by atoms with E-state index in [0.29, 0.717) is 17.5 Å². The van der Waals surface area contributed by atoms with Gasteiger partial charge in [0.05, 0.1) is 12.6 Å². The first-order chi connectivity index (χ1) is 10.5. The number of fused-ring (bicyclic) bond motifs is 1. The van der Waals surface area contributed by atoms with Gasteiger partial charge in [-0.3, -0.25) is 14.5 Å². The quantitative estimate of drug-likeness (QED) is 0.865. The number of primary amides is 1. The molecule has 2 heterocycles. The van der Waals surface area contributed by atoms with Gasteiger partial charge in [-0.2, -0.15) is 0 Å². The fourth-order valence-corrected chi connectivity index (χ4v) is 3.83. The number of carbonyl (C=O) groups is 2. The molecule has 22 heavy (non-hydrogen) atoms. The Labute approximate surface area is 129 Å². The fraction of sp³-hybridized carbons (Fsp3) is 0.667. The second-order valence-corrected chi connectivity index (χ2v) is 6.31. The highest BCUT2D eigenvalue weighted by Gasteiger charge is 2.44. The highest BCUT2D eigenvalue weighted by Crippen LogP contribution is 2.39. The topological polar surface area (TPSA) is 101 Å². The molecule has 7 nitrogen and oxygen atoms in total. The summed E-state index contributed by atoms with van der Waals surface area (Å²) in [6.07, 6.45) is 5.27. The molecule has 120 valence electrons. The van der Waals surface area contributed by atoms with E-state index in [-0.39, 0.29) is 30.4 Å². The summed E-state index contributed by atoms with van der Waals surface area (Å²) in [5, 5.41) is 6.46. The highest BCUT2D eigenvalue weighted by molar-refractivity contribution is 5.92. The van der Waals surface area contributed by atoms with Crippen molar-refractivity contribution < 1.29 is 14.1 Å². The van der Waals surface area contributed by atoms with Gasteiger partial charge in [0.2, 0.25) is 11.8 Å². The molecule has 3 unspecified atom stereocenters. The number of aryl methyl sites for hydroxylation is 1. The first-order valence-electron chi connectivity index (χ1n) is 7.83. The van der Waals surface area contributed by atoms with Crippen molar-refractivity contribution in [3.05, 3.63) is 11.8 Å². The molecule has 1 saturated heterocycles. The van der Waals surface area contributed by atoms with Crippen molar-refractivity contribution in [1.29, 1.82) is 0 Å². The lowest BCUT2D eigenvalue weighted by atomic mass is 9.85. The van der Waals surface area contributed by atoms with Crippen LogP contribution in [0, 0.1) is 12.8 Å². The van der Waals surface area contributed by atoms with E-state index in [4.69, 9.17) is 10.3 Å². The Bertz CT molecular complexity index is 571. The maximum absolute atomic E-state index is 12.2. The lowest BCUT2D eigenvalue weighted by Crippen LogP contribution is -2.48. The Morgan fingerprint density at radius 1 is 1.45 bits per heavy atom. The molecule has 1 saturated carbocycles. The van der Waals surface area contributed by atoms with Crippen LogP contribution in [-0.2, 0) is 9.59 Å². The molecule has 2 aliphatic rings. The zero-order chi connectivity index (χ0) is 15.7. The minimum atomic E-state index is -0.335. The molecule has 0 aromatic carbocycles. The van der Waals surface area contributed by atoms with Crippen molar-refractivity contribution >= 4 is 17.6 Å². The molecule has 1 aromatic rings. The van der Waals surface area contributed by atoms with Crippen molar-refractivity contribution in [3.8, 4) is 0 Å². The summed E-state index contributed by atoms with van der Waals surface area (Å²) in [6.45, 7) is 1.93. The molecule has 3 N–H and O–H groups in total. The highest BCUT2D eigenvalue weighted by atomic mass is 16.5. The van der Waals surface area contributed by atoms with Gasteiger partial charge in [0, 0.05) is 12.1 Å². The standard InChI is InChI=1S/C15H22N4O3/c1-9-6-13(18-22-9)17-14(20)8-19-11-5-3-2-4-10(11)7-12(19)15(16)21/h6,10-12H,2-5,7-8H2,1H3,(H2,16,21)(H,17,18,20). The number of nitrogens with zero attached hydrogens (tertiary/aromatic N) is 2. The molecule has 1 aliphatic carbocycles. The lowest BCUT2D eigenvalue weighted by molar-refractivity contribution is -0.124. The van der Waals surface area contributed by atoms with Crippen molar-refractivity contribution in [3.63, 3.8) is 0 Å². The number of hydrogen-bond donors (Lipinski definition) is 2. The van der Waals surface area contributed by atoms with Crippen molar-refractivity contribution in [2.24, 2.45) is 11.7 Å². The number of carbonyl (C=O) groups excluding carboxylic acids is 2. The van der Waals surface area contributed by atoms with Gasteiger partial charge in [0.1, 0.15) is 5.76 Å². The monoisotopic (exact) mass is 306 g/mol. The Balaban J connectivity index is 1.67. The Hall–Kier alpha value is -1.89. The summed E-state index contributed by atoms with van der Waals surface area (Å²) >= 11 is 0. The molecular formula is C15H22N4O3. The summed E-state index contributed by atoms with van der Waals surface area (Å²) in [5.74, 6) is 0.995. The van der Waals surface area contributed by atoms with E-state index in [0.717, 1.165) is 25.7 Å². The second kappa shape index (κ2) is 6.08. The molecule has 7 heteroatoms. The number of nitrogens with one attached hydrogen (secondary N) is 1. The largest absolute Gasteiger partial charge is 0.368 e. The van der Waals surface area contributed by atoms with Crippen LogP contribution in [0.15, 0.2) is 10.6 Å². The van der Waals surface area contributed by atoms with E-state index in [1.807, 2.05) is 4.90 Å². The summed E-state index contributed by atoms with van der Waals surface area (Å²) in [4.78, 5) is 25.9. The van der Waals surface area contributed by atoms with E-state index >= 15 is 0 Å². The summed E-state index contributed by atoms with van der Waals surface area (Å²) in [5.41, 5.74) is 5.53. The Morgan fingerprint density at radius 3 is 2.91 bits per heavy atom. The molecule has 1 aromatic heterocycles. The molecule has 3 atom stereocenters. The fourth-order valence-electron chi connectivity index (χ4n) is 3.83. The summed E-state index contributed by atoms with van der Waals surface area (Å²) in [7, 11) is 0. The predicted octanol–water partition coefficient (Wildman–Crippen LogP) is 1.04. The third-order valence-corrected chi connectivity index (χ3v) is 4.77. The van der Waals surface area contributed by atoms with Crippen LogP contribution in [-0.4, -0.2) is 40.5 Å². The van der Waals surface area contributed by atoms with Gasteiger partial charge >= 0.3 is 0 Å². The molecule has 0 spiro atoms. The van der Waals surface area contributed by atoms with Crippen LogP contribution in [0.1, 0.15) is 37.9 Å². The van der Waals surface area contributed by atoms with Crippen molar-refractivity contribution in [2.75, 3.05) is 11.9 Å². The number of hydrogen-bond acceptors (Lipinski definition) is 5. The van der Waals surface area contributed by atoms with Gasteiger partial charge < -0.3 is 15.6 Å². The van der Waals surface area contributed by atoms with Crippen LogP contribution < -0.4 is 11.1 Å². The molecule has 2 fully saturated rings. The number of aromatic nitrogens is 1. The minimum Gasteiger partial charge on any atom is -0.368 e. The van der Waals surface area contributed by atoms with Crippen LogP contribution >= 0.6 is 0 Å². The third-order valence-electron chi connectivity index (χ3n) is 4.77. The zero-order valence-corrected chi connectivity index (χ0v) is 12.7. The smallest absolute Gasteiger partial charge is 0.239 e. The van der Waals surface area contributed by atoms with Crippen LogP contribution in [0.2, 0.25) is 0 Å². The molecule has 0 radical (unpaired) electrons. The second-order valence-electron chi connectivity index (χ2n) is 6.31. The van der Waals surface area contributed by atoms with Gasteiger partial charge in [-0.25, -0.2) is 0 Å². The van der Waals surface area contributed by atoms with Gasteiger partial charge in [0.25, 0.3) is 0 Å². The molecular weight excluding hydrogens is 284 g/mol. The normalized spacial score (nSPS) is 28.3. The molecule has 1 aliphatic heterocycles. The maximum atomic E-state index is 12.2. The van der Waals surface area contributed by atoms with Crippen molar-refractivity contribution in [1.82, 2.24) is 10.1 Å². The van der Waals surface area contributed by atoms with Crippen LogP contribution in [0.3, 0.4) is 0 Å². The van der Waals surface area contributed by atoms with Crippen LogP contribution in [0.5, 0.6) is 0 Å². The SMILES string of the molecule is Cc1cc(NC(=O)CN2C(C(N)=O)CC3CCCCC32)no1. The first-order valence-corrected chi connectivity index (χ1v) is 7.83.